The van der Waals surface area contributed by atoms with Crippen molar-refractivity contribution < 1.29 is 0 Å². The predicted octanol–water partition coefficient (Wildman–Crippen LogP) is 12.0. The average molecular weight is 600 g/mol. The molecule has 3 nitrogen and oxygen atoms in total. The van der Waals surface area contributed by atoms with Gasteiger partial charge in [0.25, 0.3) is 0 Å². The van der Waals surface area contributed by atoms with Gasteiger partial charge in [-0.15, -0.1) is 0 Å². The van der Waals surface area contributed by atoms with Crippen LogP contribution in [0.2, 0.25) is 0 Å². The number of fused-ring (bicyclic) bond motifs is 12. The highest BCUT2D eigenvalue weighted by Crippen LogP contribution is 2.42. The predicted molar refractivity (Wildman–Crippen MR) is 199 cm³/mol. The van der Waals surface area contributed by atoms with Crippen molar-refractivity contribution in [3.05, 3.63) is 176 Å². The minimum absolute atomic E-state index is 1.11. The Morgan fingerprint density at radius 2 is 0.851 bits per heavy atom. The molecule has 7 aromatic carbocycles. The molecule has 0 saturated carbocycles. The number of benzene rings is 7. The number of para-hydroxylation sites is 4. The Balaban J connectivity index is 1.31. The molecule has 0 fully saturated rings. The molecule has 0 radical (unpaired) electrons. The standard InChI is InChI=1S/C44H29N3/c1-3-14-30(15-4-1)45(31-16-5-2-6-17-31)32-18-13-19-33(28-32)46-40-24-11-10-23-37(40)38-26-27-42-39(44(38)46)29-43-36-22-8-7-20-34(36)35-21-9-12-25-41(35)47(42)43/h1-29H. The third-order valence-corrected chi connectivity index (χ3v) is 9.63. The van der Waals surface area contributed by atoms with Crippen LogP contribution in [-0.2, 0) is 0 Å². The Morgan fingerprint density at radius 1 is 0.319 bits per heavy atom. The van der Waals surface area contributed by atoms with Crippen LogP contribution in [0, 0.1) is 0 Å². The fraction of sp³-hybridized carbons (Fsp3) is 0. The van der Waals surface area contributed by atoms with Crippen LogP contribution in [-0.4, -0.2) is 8.97 Å². The molecule has 0 spiro atoms. The van der Waals surface area contributed by atoms with Gasteiger partial charge < -0.3 is 13.9 Å². The van der Waals surface area contributed by atoms with Gasteiger partial charge in [0, 0.05) is 49.7 Å². The van der Waals surface area contributed by atoms with E-state index in [0.29, 0.717) is 0 Å². The molecule has 220 valence electrons. The molecule has 10 aromatic rings. The van der Waals surface area contributed by atoms with Crippen molar-refractivity contribution in [1.29, 1.82) is 0 Å². The summed E-state index contributed by atoms with van der Waals surface area (Å²) in [5.74, 6) is 0. The van der Waals surface area contributed by atoms with E-state index >= 15 is 0 Å². The summed E-state index contributed by atoms with van der Waals surface area (Å²) in [5, 5.41) is 7.57. The second-order valence-electron chi connectivity index (χ2n) is 12.2. The summed E-state index contributed by atoms with van der Waals surface area (Å²) in [5.41, 5.74) is 10.6. The lowest BCUT2D eigenvalue weighted by Crippen LogP contribution is -2.10. The Morgan fingerprint density at radius 3 is 1.55 bits per heavy atom. The lowest BCUT2D eigenvalue weighted by molar-refractivity contribution is 1.17. The second-order valence-corrected chi connectivity index (χ2v) is 12.2. The van der Waals surface area contributed by atoms with Gasteiger partial charge in [-0.1, -0.05) is 109 Å². The Kier molecular flexibility index (Phi) is 5.57. The molecule has 0 N–H and O–H groups in total. The maximum Gasteiger partial charge on any atom is 0.0635 e. The number of hydrogen-bond donors (Lipinski definition) is 0. The smallest absolute Gasteiger partial charge is 0.0635 e. The van der Waals surface area contributed by atoms with E-state index in [4.69, 9.17) is 0 Å². The van der Waals surface area contributed by atoms with Crippen LogP contribution < -0.4 is 4.90 Å². The van der Waals surface area contributed by atoms with Gasteiger partial charge in [0.1, 0.15) is 0 Å². The quantitative estimate of drug-likeness (QED) is 0.183. The lowest BCUT2D eigenvalue weighted by Gasteiger charge is -2.26. The zero-order chi connectivity index (χ0) is 30.9. The zero-order valence-electron chi connectivity index (χ0n) is 25.6. The van der Waals surface area contributed by atoms with Crippen molar-refractivity contribution in [2.45, 2.75) is 0 Å². The van der Waals surface area contributed by atoms with E-state index in [9.17, 15) is 0 Å². The number of hydrogen-bond acceptors (Lipinski definition) is 1. The Labute approximate surface area is 271 Å². The van der Waals surface area contributed by atoms with Crippen molar-refractivity contribution in [1.82, 2.24) is 8.97 Å². The summed E-state index contributed by atoms with van der Waals surface area (Å²) in [6.07, 6.45) is 0. The monoisotopic (exact) mass is 599 g/mol. The number of anilines is 3. The van der Waals surface area contributed by atoms with E-state index in [0.717, 1.165) is 22.7 Å². The first-order valence-electron chi connectivity index (χ1n) is 16.1. The van der Waals surface area contributed by atoms with Crippen LogP contribution >= 0.6 is 0 Å². The van der Waals surface area contributed by atoms with Gasteiger partial charge in [-0.3, -0.25) is 0 Å². The molecule has 3 heterocycles. The van der Waals surface area contributed by atoms with Gasteiger partial charge in [-0.25, -0.2) is 0 Å². The van der Waals surface area contributed by atoms with Gasteiger partial charge in [-0.05, 0) is 72.1 Å². The van der Waals surface area contributed by atoms with Crippen LogP contribution in [0.3, 0.4) is 0 Å². The van der Waals surface area contributed by atoms with Crippen molar-refractivity contribution in [2.24, 2.45) is 0 Å². The highest BCUT2D eigenvalue weighted by molar-refractivity contribution is 6.22. The maximum atomic E-state index is 2.47. The fourth-order valence-electron chi connectivity index (χ4n) is 7.68. The third-order valence-electron chi connectivity index (χ3n) is 9.63. The summed E-state index contributed by atoms with van der Waals surface area (Å²) in [4.78, 5) is 2.33. The van der Waals surface area contributed by atoms with E-state index in [1.54, 1.807) is 0 Å². The SMILES string of the molecule is c1ccc(N(c2ccccc2)c2cccc(-n3c4ccccc4c4ccc5c(cc6c7ccccc7c7ccccc7n65)c43)c2)cc1. The molecule has 0 bridgehead atoms. The highest BCUT2D eigenvalue weighted by Gasteiger charge is 2.20. The first kappa shape index (κ1) is 26.0. The topological polar surface area (TPSA) is 12.6 Å². The lowest BCUT2D eigenvalue weighted by atomic mass is 10.1. The van der Waals surface area contributed by atoms with E-state index in [1.807, 2.05) is 0 Å². The van der Waals surface area contributed by atoms with Crippen LogP contribution in [0.4, 0.5) is 17.1 Å². The van der Waals surface area contributed by atoms with Gasteiger partial charge >= 0.3 is 0 Å². The van der Waals surface area contributed by atoms with Gasteiger partial charge in [0.05, 0.1) is 27.6 Å². The van der Waals surface area contributed by atoms with E-state index in [2.05, 4.69) is 190 Å². The van der Waals surface area contributed by atoms with Crippen molar-refractivity contribution in [3.63, 3.8) is 0 Å². The third kappa shape index (κ3) is 3.81. The number of rotatable bonds is 4. The normalized spacial score (nSPS) is 11.8. The fourth-order valence-corrected chi connectivity index (χ4v) is 7.68. The molecule has 0 aliphatic heterocycles. The van der Waals surface area contributed by atoms with Crippen molar-refractivity contribution in [2.75, 3.05) is 4.90 Å². The minimum Gasteiger partial charge on any atom is -0.310 e. The van der Waals surface area contributed by atoms with Gasteiger partial charge in [0.15, 0.2) is 0 Å². The summed E-state index contributed by atoms with van der Waals surface area (Å²) in [7, 11) is 0. The summed E-state index contributed by atoms with van der Waals surface area (Å²) in [6.45, 7) is 0. The zero-order valence-corrected chi connectivity index (χ0v) is 25.6. The van der Waals surface area contributed by atoms with Crippen LogP contribution in [0.25, 0.3) is 65.6 Å². The molecule has 3 aromatic heterocycles. The molecule has 0 amide bonds. The van der Waals surface area contributed by atoms with E-state index in [1.165, 1.54) is 59.9 Å². The molecule has 3 heteroatoms. The summed E-state index contributed by atoms with van der Waals surface area (Å²) in [6, 6.07) is 63.6. The first-order chi connectivity index (χ1) is 23.3. The number of nitrogens with zero attached hydrogens (tertiary/aromatic N) is 3. The van der Waals surface area contributed by atoms with Crippen molar-refractivity contribution >= 4 is 77.0 Å². The van der Waals surface area contributed by atoms with Crippen molar-refractivity contribution in [3.8, 4) is 5.69 Å². The number of pyridine rings is 1. The molecular formula is C44H29N3. The minimum atomic E-state index is 1.11. The van der Waals surface area contributed by atoms with Gasteiger partial charge in [-0.2, -0.15) is 0 Å². The molecule has 0 aliphatic rings. The molecule has 0 saturated heterocycles. The van der Waals surface area contributed by atoms with Crippen LogP contribution in [0.1, 0.15) is 0 Å². The Hall–Kier alpha value is -6.32. The molecule has 0 atom stereocenters. The van der Waals surface area contributed by atoms with Crippen LogP contribution in [0.15, 0.2) is 176 Å². The van der Waals surface area contributed by atoms with E-state index < -0.39 is 0 Å². The molecule has 0 aliphatic carbocycles. The van der Waals surface area contributed by atoms with E-state index in [-0.39, 0.29) is 0 Å². The first-order valence-corrected chi connectivity index (χ1v) is 16.1. The molecular weight excluding hydrogens is 571 g/mol. The number of aromatic nitrogens is 2. The largest absolute Gasteiger partial charge is 0.310 e. The summed E-state index contributed by atoms with van der Waals surface area (Å²) >= 11 is 0. The molecule has 0 unspecified atom stereocenters. The van der Waals surface area contributed by atoms with Crippen LogP contribution in [0.5, 0.6) is 0 Å². The molecule has 47 heavy (non-hydrogen) atoms. The highest BCUT2D eigenvalue weighted by atomic mass is 15.1. The molecule has 10 rings (SSSR count). The summed E-state index contributed by atoms with van der Waals surface area (Å²) < 4.78 is 4.92. The average Bonchev–Trinajstić information content (AvgIpc) is 3.70. The van der Waals surface area contributed by atoms with Gasteiger partial charge in [0.2, 0.25) is 0 Å². The maximum absolute atomic E-state index is 2.47. The second kappa shape index (κ2) is 10.1. The Bertz CT molecular complexity index is 2750.